The summed E-state index contributed by atoms with van der Waals surface area (Å²) in [7, 11) is 2.50. The van der Waals surface area contributed by atoms with Crippen molar-refractivity contribution in [3.8, 4) is 0 Å². The second-order valence-electron chi connectivity index (χ2n) is 8.22. The van der Waals surface area contributed by atoms with Crippen LogP contribution < -0.4 is 16.0 Å². The average molecular weight is 499 g/mol. The Hall–Kier alpha value is -2.83. The van der Waals surface area contributed by atoms with Crippen LogP contribution in [0.5, 0.6) is 0 Å². The van der Waals surface area contributed by atoms with E-state index < -0.39 is 0 Å². The summed E-state index contributed by atoms with van der Waals surface area (Å²) in [6.45, 7) is 16.1. The van der Waals surface area contributed by atoms with Crippen molar-refractivity contribution in [2.45, 2.75) is 66.7 Å². The Morgan fingerprint density at radius 2 is 1.61 bits per heavy atom. The van der Waals surface area contributed by atoms with Crippen LogP contribution in [0.2, 0.25) is 0 Å². The predicted octanol–water partition coefficient (Wildman–Crippen LogP) is 6.02. The molecule has 0 radical (unpaired) electrons. The van der Waals surface area contributed by atoms with Gasteiger partial charge < -0.3 is 30.8 Å². The number of carbonyl (C=O) groups excluding carboxylic acids is 1. The molecule has 5 rings (SSSR count). The third-order valence-corrected chi connectivity index (χ3v) is 6.25. The second-order valence-corrected chi connectivity index (χ2v) is 8.22. The van der Waals surface area contributed by atoms with E-state index in [0.29, 0.717) is 0 Å². The number of nitrogens with two attached hydrogens (primary N) is 1. The number of aromatic amines is 1. The Bertz CT molecular complexity index is 978. The quantitative estimate of drug-likeness (QED) is 0.347. The van der Waals surface area contributed by atoms with Crippen LogP contribution in [0.25, 0.3) is 10.9 Å². The second kappa shape index (κ2) is 19.4. The number of aryl methyl sites for hydroxylation is 3. The van der Waals surface area contributed by atoms with Gasteiger partial charge in [0.15, 0.2) is 0 Å². The maximum Gasteiger partial charge on any atom is 0.106 e. The highest BCUT2D eigenvalue weighted by Gasteiger charge is 2.12. The molecule has 202 valence electrons. The number of nitrogens with one attached hydrogen (secondary N) is 2. The summed E-state index contributed by atoms with van der Waals surface area (Å²) in [6.07, 6.45) is 8.49. The van der Waals surface area contributed by atoms with Gasteiger partial charge >= 0.3 is 0 Å². The molecule has 2 aliphatic heterocycles. The number of H-pyrrole nitrogens is 1. The molecule has 1 saturated heterocycles. The summed E-state index contributed by atoms with van der Waals surface area (Å²) in [6, 6.07) is 11.4. The zero-order valence-electron chi connectivity index (χ0n) is 23.7. The summed E-state index contributed by atoms with van der Waals surface area (Å²) in [5.41, 5.74) is 14.2. The Morgan fingerprint density at radius 3 is 2.22 bits per heavy atom. The van der Waals surface area contributed by atoms with Crippen LogP contribution in [0.15, 0.2) is 36.5 Å². The number of carbonyl (C=O) groups is 1. The van der Waals surface area contributed by atoms with Crippen molar-refractivity contribution in [1.29, 1.82) is 0 Å². The highest BCUT2D eigenvalue weighted by atomic mass is 16.2. The van der Waals surface area contributed by atoms with Gasteiger partial charge in [0, 0.05) is 55.2 Å². The molecule has 6 heteroatoms. The summed E-state index contributed by atoms with van der Waals surface area (Å²) in [5, 5.41) is 11.8. The fourth-order valence-electron chi connectivity index (χ4n) is 4.49. The number of aromatic nitrogens is 1. The van der Waals surface area contributed by atoms with Crippen LogP contribution in [0, 0.1) is 13.8 Å². The molecular formula is C30H50N4O2. The highest BCUT2D eigenvalue weighted by molar-refractivity contribution is 5.86. The van der Waals surface area contributed by atoms with Crippen LogP contribution in [-0.2, 0) is 17.6 Å². The lowest BCUT2D eigenvalue weighted by atomic mass is 10.0. The van der Waals surface area contributed by atoms with Gasteiger partial charge in [-0.25, -0.2) is 0 Å². The van der Waals surface area contributed by atoms with Crippen molar-refractivity contribution in [2.24, 2.45) is 5.73 Å². The Balaban J connectivity index is 0.000000546. The Kier molecular flexibility index (Phi) is 17.8. The van der Waals surface area contributed by atoms with Crippen molar-refractivity contribution in [3.63, 3.8) is 0 Å². The van der Waals surface area contributed by atoms with Crippen molar-refractivity contribution < 1.29 is 9.90 Å². The Labute approximate surface area is 219 Å². The number of hydrogen-bond donors (Lipinski definition) is 4. The number of benzene rings is 2. The molecule has 0 saturated carbocycles. The number of fused-ring (bicyclic) bond motifs is 2. The first-order valence-electron chi connectivity index (χ1n) is 13.2. The third-order valence-electron chi connectivity index (χ3n) is 6.25. The molecule has 0 unspecified atom stereocenters. The van der Waals surface area contributed by atoms with E-state index in [1.807, 2.05) is 20.6 Å². The van der Waals surface area contributed by atoms with E-state index in [-0.39, 0.29) is 0 Å². The van der Waals surface area contributed by atoms with E-state index >= 15 is 0 Å². The van der Waals surface area contributed by atoms with Crippen molar-refractivity contribution >= 4 is 29.1 Å². The van der Waals surface area contributed by atoms with Crippen molar-refractivity contribution in [1.82, 2.24) is 4.98 Å². The van der Waals surface area contributed by atoms with Gasteiger partial charge in [-0.1, -0.05) is 26.8 Å². The average Bonchev–Trinajstić information content (AvgIpc) is 3.59. The third kappa shape index (κ3) is 9.32. The molecule has 5 N–H and O–H groups in total. The molecule has 36 heavy (non-hydrogen) atoms. The molecule has 6 nitrogen and oxygen atoms in total. The molecule has 0 spiro atoms. The van der Waals surface area contributed by atoms with E-state index in [4.69, 9.17) is 9.90 Å². The zero-order chi connectivity index (χ0) is 27.5. The number of hydrogen-bond acceptors (Lipinski definition) is 5. The van der Waals surface area contributed by atoms with E-state index in [1.54, 1.807) is 0 Å². The van der Waals surface area contributed by atoms with E-state index in [9.17, 15) is 0 Å². The van der Waals surface area contributed by atoms with Gasteiger partial charge in [0.2, 0.25) is 0 Å². The lowest BCUT2D eigenvalue weighted by Crippen LogP contribution is -2.29. The molecule has 1 fully saturated rings. The lowest BCUT2D eigenvalue weighted by molar-refractivity contribution is -0.0979. The maximum atomic E-state index is 8.00. The number of nitrogens with zero attached hydrogens (tertiary/aromatic N) is 1. The molecule has 0 atom stereocenters. The summed E-state index contributed by atoms with van der Waals surface area (Å²) < 4.78 is 0. The molecule has 0 bridgehead atoms. The predicted molar refractivity (Wildman–Crippen MR) is 159 cm³/mol. The first-order chi connectivity index (χ1) is 17.7. The molecule has 2 aromatic carbocycles. The van der Waals surface area contributed by atoms with Gasteiger partial charge in [-0.15, -0.1) is 0 Å². The van der Waals surface area contributed by atoms with Gasteiger partial charge in [0.25, 0.3) is 0 Å². The fraction of sp³-hybridized carbons (Fsp3) is 0.500. The standard InChI is InChI=1S/C14H18N2.C11H15N.C2H6.CH5N.CH4O.CH2O/c1-11-10-15-14-6-5-12(9-13(11)14)16-7-3-2-4-8-16;1-3-9-7-11-10(4-5-12-11)6-8(9)2;4*1-2/h5-6,9-10,15H,2-4,7-8H2,1H3;6-7,12H,3-5H2,1-2H3;1-2H3;2H2,1H3;2H,1H3;1H2. The number of anilines is 2. The number of rotatable bonds is 2. The Morgan fingerprint density at radius 1 is 0.972 bits per heavy atom. The SMILES string of the molecule is C=O.CC.CCc1cc2c(cc1C)CCN2.CN.CO.Cc1c[nH]c2ccc(N3CCCCC3)cc12. The summed E-state index contributed by atoms with van der Waals surface area (Å²) in [5.74, 6) is 0. The van der Waals surface area contributed by atoms with Crippen LogP contribution in [0.1, 0.15) is 62.3 Å². The van der Waals surface area contributed by atoms with Gasteiger partial charge in [-0.2, -0.15) is 0 Å². The fourth-order valence-corrected chi connectivity index (χ4v) is 4.49. The van der Waals surface area contributed by atoms with Gasteiger partial charge in [-0.05, 0) is 99.5 Å². The first kappa shape index (κ1) is 33.2. The first-order valence-corrected chi connectivity index (χ1v) is 13.2. The molecule has 2 aliphatic rings. The molecule has 3 heterocycles. The lowest BCUT2D eigenvalue weighted by Gasteiger charge is -2.28. The molecule has 0 amide bonds. The zero-order valence-corrected chi connectivity index (χ0v) is 23.7. The van der Waals surface area contributed by atoms with Crippen LogP contribution in [-0.4, -0.2) is 50.7 Å². The van der Waals surface area contributed by atoms with Crippen LogP contribution in [0.4, 0.5) is 11.4 Å². The van der Waals surface area contributed by atoms with Crippen molar-refractivity contribution in [3.05, 3.63) is 58.8 Å². The minimum Gasteiger partial charge on any atom is -0.400 e. The maximum absolute atomic E-state index is 8.00. The highest BCUT2D eigenvalue weighted by Crippen LogP contribution is 2.27. The minimum atomic E-state index is 1.00. The number of aliphatic hydroxyl groups excluding tert-OH is 1. The van der Waals surface area contributed by atoms with Crippen LogP contribution in [0.3, 0.4) is 0 Å². The largest absolute Gasteiger partial charge is 0.400 e. The van der Waals surface area contributed by atoms with E-state index in [2.05, 4.69) is 78.2 Å². The molecule has 1 aromatic heterocycles. The van der Waals surface area contributed by atoms with E-state index in [1.165, 1.54) is 90.4 Å². The molecular weight excluding hydrogens is 448 g/mol. The minimum absolute atomic E-state index is 1.00. The van der Waals surface area contributed by atoms with Gasteiger partial charge in [0.1, 0.15) is 6.79 Å². The number of aliphatic hydroxyl groups is 1. The summed E-state index contributed by atoms with van der Waals surface area (Å²) >= 11 is 0. The molecule has 3 aromatic rings. The monoisotopic (exact) mass is 498 g/mol. The van der Waals surface area contributed by atoms with E-state index in [0.717, 1.165) is 20.1 Å². The van der Waals surface area contributed by atoms with Gasteiger partial charge in [-0.3, -0.25) is 0 Å². The topological polar surface area (TPSA) is 94.4 Å². The number of piperidine rings is 1. The van der Waals surface area contributed by atoms with Crippen LogP contribution >= 0.6 is 0 Å². The molecule has 0 aliphatic carbocycles. The smallest absolute Gasteiger partial charge is 0.106 e. The normalized spacial score (nSPS) is 12.9. The van der Waals surface area contributed by atoms with Crippen molar-refractivity contribution in [2.75, 3.05) is 44.0 Å². The summed E-state index contributed by atoms with van der Waals surface area (Å²) in [4.78, 5) is 13.8. The van der Waals surface area contributed by atoms with Gasteiger partial charge in [0.05, 0.1) is 0 Å².